The minimum atomic E-state index is -1.11. The first-order valence-corrected chi connectivity index (χ1v) is 5.33. The van der Waals surface area contributed by atoms with Crippen molar-refractivity contribution in [1.29, 1.82) is 0 Å². The zero-order valence-electron chi connectivity index (χ0n) is 10.0. The summed E-state index contributed by atoms with van der Waals surface area (Å²) >= 11 is 0. The Morgan fingerprint density at radius 3 is 2.60 bits per heavy atom. The van der Waals surface area contributed by atoms with Gasteiger partial charge in [-0.3, -0.25) is 4.79 Å². The Hall–Kier alpha value is -2.47. The summed E-state index contributed by atoms with van der Waals surface area (Å²) in [5, 5.41) is 11.2. The van der Waals surface area contributed by atoms with Crippen molar-refractivity contribution in [2.45, 2.75) is 0 Å². The zero-order chi connectivity index (χ0) is 13.8. The van der Waals surface area contributed by atoms with Crippen molar-refractivity contribution >= 4 is 30.0 Å². The van der Waals surface area contributed by atoms with Crippen molar-refractivity contribution in [3.63, 3.8) is 0 Å². The van der Waals surface area contributed by atoms with E-state index in [1.165, 1.54) is 42.6 Å². The highest BCUT2D eigenvalue weighted by Crippen LogP contribution is 2.13. The average molecular weight is 297 g/mol. The number of aromatic nitrogens is 1. The van der Waals surface area contributed by atoms with Gasteiger partial charge in [0.15, 0.2) is 0 Å². The van der Waals surface area contributed by atoms with E-state index in [0.29, 0.717) is 0 Å². The molecule has 104 valence electrons. The molecule has 0 spiro atoms. The molecule has 0 unspecified atom stereocenters. The number of carboxylic acids is 1. The van der Waals surface area contributed by atoms with E-state index < -0.39 is 17.8 Å². The summed E-state index contributed by atoms with van der Waals surface area (Å²) in [7, 11) is 0. The lowest BCUT2D eigenvalue weighted by molar-refractivity contribution is 0.0696. The molecule has 0 aliphatic carbocycles. The van der Waals surface area contributed by atoms with Crippen LogP contribution in [0.25, 0.3) is 0 Å². The Balaban J connectivity index is 0.00000200. The lowest BCUT2D eigenvalue weighted by Gasteiger charge is -2.06. The number of pyridine rings is 1. The highest BCUT2D eigenvalue weighted by Gasteiger charge is 2.12. The van der Waals surface area contributed by atoms with E-state index in [1.807, 2.05) is 0 Å². The quantitative estimate of drug-likeness (QED) is 0.853. The molecular weight excluding hydrogens is 287 g/mol. The molecule has 0 bridgehead atoms. The predicted octanol–water partition coefficient (Wildman–Crippen LogP) is 2.59. The van der Waals surface area contributed by atoms with E-state index in [2.05, 4.69) is 10.3 Å². The number of carboxylic acid groups (broad SMARTS) is 1. The molecule has 2 aromatic rings. The molecular formula is C13H10ClFN2O3. The third-order valence-electron chi connectivity index (χ3n) is 2.37. The van der Waals surface area contributed by atoms with Crippen LogP contribution < -0.4 is 5.32 Å². The van der Waals surface area contributed by atoms with Gasteiger partial charge in [-0.05, 0) is 30.3 Å². The number of amides is 1. The Bertz CT molecular complexity index is 649. The fourth-order valence-corrected chi connectivity index (χ4v) is 1.48. The summed E-state index contributed by atoms with van der Waals surface area (Å²) < 4.78 is 13.3. The van der Waals surface area contributed by atoms with Gasteiger partial charge in [0.2, 0.25) is 5.95 Å². The maximum Gasteiger partial charge on any atom is 0.335 e. The largest absolute Gasteiger partial charge is 0.478 e. The summed E-state index contributed by atoms with van der Waals surface area (Å²) in [6, 6.07) is 8.40. The van der Waals surface area contributed by atoms with Gasteiger partial charge in [0.1, 0.15) is 0 Å². The number of carbonyl (C=O) groups is 2. The van der Waals surface area contributed by atoms with Gasteiger partial charge in [-0.1, -0.05) is 6.07 Å². The fourth-order valence-electron chi connectivity index (χ4n) is 1.48. The van der Waals surface area contributed by atoms with Crippen molar-refractivity contribution in [3.05, 3.63) is 59.7 Å². The Labute approximate surface area is 119 Å². The minimum absolute atomic E-state index is 0. The van der Waals surface area contributed by atoms with E-state index in [0.717, 1.165) is 0 Å². The molecule has 0 aliphatic heterocycles. The number of carbonyl (C=O) groups excluding carboxylic acids is 1. The topological polar surface area (TPSA) is 79.3 Å². The van der Waals surface area contributed by atoms with Gasteiger partial charge in [0.25, 0.3) is 5.91 Å². The molecule has 7 heteroatoms. The first-order chi connectivity index (χ1) is 9.08. The normalized spacial score (nSPS) is 9.45. The SMILES string of the molecule is Cl.O=C(O)c1cccc(NC(=O)c2cccnc2F)c1. The summed E-state index contributed by atoms with van der Waals surface area (Å²) in [6.45, 7) is 0. The van der Waals surface area contributed by atoms with Gasteiger partial charge in [-0.2, -0.15) is 4.39 Å². The van der Waals surface area contributed by atoms with Crippen LogP contribution in [0.1, 0.15) is 20.7 Å². The van der Waals surface area contributed by atoms with Crippen LogP contribution in [0.2, 0.25) is 0 Å². The first kappa shape index (κ1) is 15.6. The van der Waals surface area contributed by atoms with Crippen LogP contribution in [0, 0.1) is 5.95 Å². The molecule has 20 heavy (non-hydrogen) atoms. The van der Waals surface area contributed by atoms with Crippen LogP contribution in [-0.2, 0) is 0 Å². The van der Waals surface area contributed by atoms with E-state index in [-0.39, 0.29) is 29.2 Å². The van der Waals surface area contributed by atoms with Crippen LogP contribution in [0.4, 0.5) is 10.1 Å². The highest BCUT2D eigenvalue weighted by molar-refractivity contribution is 6.04. The van der Waals surface area contributed by atoms with Crippen molar-refractivity contribution in [2.24, 2.45) is 0 Å². The summed E-state index contributed by atoms with van der Waals surface area (Å²) in [5.41, 5.74) is 0.0980. The molecule has 5 nitrogen and oxygen atoms in total. The fraction of sp³-hybridized carbons (Fsp3) is 0. The number of aromatic carboxylic acids is 1. The maximum absolute atomic E-state index is 13.3. The average Bonchev–Trinajstić information content (AvgIpc) is 2.39. The monoisotopic (exact) mass is 296 g/mol. The van der Waals surface area contributed by atoms with E-state index in [4.69, 9.17) is 5.11 Å². The van der Waals surface area contributed by atoms with Crippen LogP contribution in [0.15, 0.2) is 42.6 Å². The van der Waals surface area contributed by atoms with Crippen molar-refractivity contribution in [2.75, 3.05) is 5.32 Å². The zero-order valence-corrected chi connectivity index (χ0v) is 10.9. The number of nitrogens with one attached hydrogen (secondary N) is 1. The standard InChI is InChI=1S/C13H9FN2O3.ClH/c14-11-10(5-2-6-15-11)12(17)16-9-4-1-3-8(7-9)13(18)19;/h1-7H,(H,16,17)(H,18,19);1H. The molecule has 2 rings (SSSR count). The van der Waals surface area contributed by atoms with Gasteiger partial charge in [-0.25, -0.2) is 9.78 Å². The molecule has 1 heterocycles. The first-order valence-electron chi connectivity index (χ1n) is 5.33. The van der Waals surface area contributed by atoms with Gasteiger partial charge >= 0.3 is 5.97 Å². The highest BCUT2D eigenvalue weighted by atomic mass is 35.5. The number of nitrogens with zero attached hydrogens (tertiary/aromatic N) is 1. The van der Waals surface area contributed by atoms with Crippen molar-refractivity contribution in [3.8, 4) is 0 Å². The molecule has 1 amide bonds. The van der Waals surface area contributed by atoms with Crippen LogP contribution in [0.3, 0.4) is 0 Å². The third kappa shape index (κ3) is 3.52. The molecule has 2 N–H and O–H groups in total. The van der Waals surface area contributed by atoms with Crippen LogP contribution in [-0.4, -0.2) is 22.0 Å². The second-order valence-corrected chi connectivity index (χ2v) is 3.68. The molecule has 0 atom stereocenters. The lowest BCUT2D eigenvalue weighted by Crippen LogP contribution is -2.14. The van der Waals surface area contributed by atoms with E-state index in [1.54, 1.807) is 0 Å². The number of anilines is 1. The van der Waals surface area contributed by atoms with E-state index in [9.17, 15) is 14.0 Å². The van der Waals surface area contributed by atoms with Gasteiger partial charge in [-0.15, -0.1) is 12.4 Å². The Morgan fingerprint density at radius 1 is 1.20 bits per heavy atom. The second-order valence-electron chi connectivity index (χ2n) is 3.68. The van der Waals surface area contributed by atoms with Crippen LogP contribution >= 0.6 is 12.4 Å². The number of hydrogen-bond acceptors (Lipinski definition) is 3. The molecule has 0 fully saturated rings. The number of rotatable bonds is 3. The molecule has 0 saturated carbocycles. The van der Waals surface area contributed by atoms with Crippen molar-refractivity contribution in [1.82, 2.24) is 4.98 Å². The Morgan fingerprint density at radius 2 is 1.95 bits per heavy atom. The molecule has 0 aliphatic rings. The van der Waals surface area contributed by atoms with Gasteiger partial charge in [0, 0.05) is 11.9 Å². The lowest BCUT2D eigenvalue weighted by atomic mass is 10.2. The third-order valence-corrected chi connectivity index (χ3v) is 2.37. The number of benzene rings is 1. The molecule has 0 radical (unpaired) electrons. The summed E-state index contributed by atoms with van der Waals surface area (Å²) in [6.07, 6.45) is 1.23. The van der Waals surface area contributed by atoms with Gasteiger partial charge < -0.3 is 10.4 Å². The number of halogens is 2. The number of hydrogen-bond donors (Lipinski definition) is 2. The molecule has 1 aromatic heterocycles. The summed E-state index contributed by atoms with van der Waals surface area (Å²) in [5.74, 6) is -2.67. The minimum Gasteiger partial charge on any atom is -0.478 e. The Kier molecular flexibility index (Phi) is 5.16. The van der Waals surface area contributed by atoms with Gasteiger partial charge in [0.05, 0.1) is 11.1 Å². The smallest absolute Gasteiger partial charge is 0.335 e. The predicted molar refractivity (Wildman–Crippen MR) is 72.8 cm³/mol. The van der Waals surface area contributed by atoms with Crippen LogP contribution in [0.5, 0.6) is 0 Å². The molecule has 1 aromatic carbocycles. The van der Waals surface area contributed by atoms with E-state index >= 15 is 0 Å². The maximum atomic E-state index is 13.3. The second kappa shape index (κ2) is 6.63. The van der Waals surface area contributed by atoms with Crippen molar-refractivity contribution < 1.29 is 19.1 Å². The molecule has 0 saturated heterocycles. The summed E-state index contributed by atoms with van der Waals surface area (Å²) in [4.78, 5) is 25.9.